The standard InChI is InChI=1S/C10H18O3/c1-7(11)8-3-5-9(6-4-8)10(12)13-2/h7-9,11H,3-6H2,1-2H3. The first-order valence-electron chi connectivity index (χ1n) is 4.91. The zero-order valence-electron chi connectivity index (χ0n) is 8.32. The van der Waals surface area contributed by atoms with Crippen molar-refractivity contribution in [3.05, 3.63) is 0 Å². The summed E-state index contributed by atoms with van der Waals surface area (Å²) in [6.45, 7) is 1.82. The molecule has 76 valence electrons. The Balaban J connectivity index is 2.34. The lowest BCUT2D eigenvalue weighted by Gasteiger charge is -2.28. The van der Waals surface area contributed by atoms with Gasteiger partial charge in [-0.2, -0.15) is 0 Å². The molecular formula is C10H18O3. The van der Waals surface area contributed by atoms with Crippen molar-refractivity contribution in [3.63, 3.8) is 0 Å². The SMILES string of the molecule is COC(=O)C1CCC(C(C)O)CC1. The molecule has 0 spiro atoms. The van der Waals surface area contributed by atoms with Gasteiger partial charge < -0.3 is 9.84 Å². The number of methoxy groups -OCH3 is 1. The minimum Gasteiger partial charge on any atom is -0.469 e. The Kier molecular flexibility index (Phi) is 3.72. The number of ether oxygens (including phenoxy) is 1. The summed E-state index contributed by atoms with van der Waals surface area (Å²) in [5.74, 6) is 0.352. The van der Waals surface area contributed by atoms with Crippen LogP contribution in [0.2, 0.25) is 0 Å². The average molecular weight is 186 g/mol. The van der Waals surface area contributed by atoms with E-state index in [-0.39, 0.29) is 18.0 Å². The number of aliphatic hydroxyl groups excluding tert-OH is 1. The van der Waals surface area contributed by atoms with Crippen molar-refractivity contribution >= 4 is 5.97 Å². The summed E-state index contributed by atoms with van der Waals surface area (Å²) in [6.07, 6.45) is 3.37. The molecule has 0 radical (unpaired) electrons. The van der Waals surface area contributed by atoms with E-state index in [2.05, 4.69) is 4.74 Å². The van der Waals surface area contributed by atoms with Gasteiger partial charge >= 0.3 is 5.97 Å². The number of hydrogen-bond acceptors (Lipinski definition) is 3. The van der Waals surface area contributed by atoms with Crippen molar-refractivity contribution in [1.29, 1.82) is 0 Å². The Morgan fingerprint density at radius 1 is 1.38 bits per heavy atom. The first-order chi connectivity index (χ1) is 6.15. The van der Waals surface area contributed by atoms with Gasteiger partial charge in [0.05, 0.1) is 19.1 Å². The van der Waals surface area contributed by atoms with Crippen LogP contribution in [0.5, 0.6) is 0 Å². The van der Waals surface area contributed by atoms with Crippen LogP contribution in [0.1, 0.15) is 32.6 Å². The molecule has 1 fully saturated rings. The van der Waals surface area contributed by atoms with E-state index < -0.39 is 0 Å². The van der Waals surface area contributed by atoms with Crippen LogP contribution in [0.25, 0.3) is 0 Å². The molecule has 1 aliphatic rings. The summed E-state index contributed by atoms with van der Waals surface area (Å²) < 4.78 is 4.68. The Labute approximate surface area is 79.1 Å². The lowest BCUT2D eigenvalue weighted by atomic mass is 9.80. The number of carbonyl (C=O) groups is 1. The monoisotopic (exact) mass is 186 g/mol. The third kappa shape index (κ3) is 2.69. The molecule has 1 atom stereocenters. The topological polar surface area (TPSA) is 46.5 Å². The van der Waals surface area contributed by atoms with E-state index in [0.29, 0.717) is 5.92 Å². The van der Waals surface area contributed by atoms with Gasteiger partial charge in [-0.05, 0) is 38.5 Å². The molecule has 3 heteroatoms. The largest absolute Gasteiger partial charge is 0.469 e. The quantitative estimate of drug-likeness (QED) is 0.662. The molecule has 1 unspecified atom stereocenters. The molecule has 1 aliphatic carbocycles. The Bertz CT molecular complexity index is 169. The minimum atomic E-state index is -0.237. The fourth-order valence-corrected chi connectivity index (χ4v) is 2.00. The molecule has 0 aromatic carbocycles. The van der Waals surface area contributed by atoms with E-state index in [9.17, 15) is 9.90 Å². The molecule has 0 aromatic rings. The highest BCUT2D eigenvalue weighted by Crippen LogP contribution is 2.31. The highest BCUT2D eigenvalue weighted by Gasteiger charge is 2.28. The van der Waals surface area contributed by atoms with Crippen LogP contribution < -0.4 is 0 Å². The van der Waals surface area contributed by atoms with Gasteiger partial charge in [0, 0.05) is 0 Å². The van der Waals surface area contributed by atoms with Crippen LogP contribution in [0.3, 0.4) is 0 Å². The first kappa shape index (κ1) is 10.5. The average Bonchev–Trinajstić information content (AvgIpc) is 2.17. The second-order valence-electron chi connectivity index (χ2n) is 3.88. The number of hydrogen-bond donors (Lipinski definition) is 1. The molecular weight excluding hydrogens is 168 g/mol. The van der Waals surface area contributed by atoms with Crippen LogP contribution in [0, 0.1) is 11.8 Å². The predicted molar refractivity (Wildman–Crippen MR) is 49.1 cm³/mol. The highest BCUT2D eigenvalue weighted by molar-refractivity contribution is 5.72. The smallest absolute Gasteiger partial charge is 0.308 e. The molecule has 1 saturated carbocycles. The molecule has 3 nitrogen and oxygen atoms in total. The molecule has 1 N–H and O–H groups in total. The maximum Gasteiger partial charge on any atom is 0.308 e. The van der Waals surface area contributed by atoms with Crippen molar-refractivity contribution in [1.82, 2.24) is 0 Å². The van der Waals surface area contributed by atoms with Crippen molar-refractivity contribution in [2.75, 3.05) is 7.11 Å². The minimum absolute atomic E-state index is 0.0694. The van der Waals surface area contributed by atoms with E-state index in [4.69, 9.17) is 0 Å². The highest BCUT2D eigenvalue weighted by atomic mass is 16.5. The van der Waals surface area contributed by atoms with Crippen LogP contribution in [-0.4, -0.2) is 24.3 Å². The Morgan fingerprint density at radius 3 is 2.31 bits per heavy atom. The molecule has 13 heavy (non-hydrogen) atoms. The van der Waals surface area contributed by atoms with Gasteiger partial charge in [-0.3, -0.25) is 4.79 Å². The molecule has 0 amide bonds. The molecule has 0 aliphatic heterocycles. The summed E-state index contributed by atoms with van der Waals surface area (Å²) in [5.41, 5.74) is 0. The summed E-state index contributed by atoms with van der Waals surface area (Å²) in [7, 11) is 1.43. The summed E-state index contributed by atoms with van der Waals surface area (Å²) in [6, 6.07) is 0. The van der Waals surface area contributed by atoms with Gasteiger partial charge in [0.2, 0.25) is 0 Å². The van der Waals surface area contributed by atoms with Crippen LogP contribution in [0.4, 0.5) is 0 Å². The van der Waals surface area contributed by atoms with Gasteiger partial charge in [0.25, 0.3) is 0 Å². The van der Waals surface area contributed by atoms with Crippen LogP contribution in [-0.2, 0) is 9.53 Å². The van der Waals surface area contributed by atoms with E-state index in [1.165, 1.54) is 7.11 Å². The summed E-state index contributed by atoms with van der Waals surface area (Å²) >= 11 is 0. The summed E-state index contributed by atoms with van der Waals surface area (Å²) in [5, 5.41) is 9.34. The predicted octanol–water partition coefficient (Wildman–Crippen LogP) is 1.35. The molecule has 1 rings (SSSR count). The Morgan fingerprint density at radius 2 is 1.92 bits per heavy atom. The number of rotatable bonds is 2. The zero-order valence-corrected chi connectivity index (χ0v) is 8.32. The molecule has 0 bridgehead atoms. The van der Waals surface area contributed by atoms with Gasteiger partial charge in [-0.25, -0.2) is 0 Å². The van der Waals surface area contributed by atoms with Crippen molar-refractivity contribution in [3.8, 4) is 0 Å². The summed E-state index contributed by atoms with van der Waals surface area (Å²) in [4.78, 5) is 11.2. The second-order valence-corrected chi connectivity index (χ2v) is 3.88. The van der Waals surface area contributed by atoms with Crippen molar-refractivity contribution in [2.45, 2.75) is 38.7 Å². The number of aliphatic hydroxyl groups is 1. The van der Waals surface area contributed by atoms with Crippen molar-refractivity contribution < 1.29 is 14.6 Å². The van der Waals surface area contributed by atoms with E-state index in [1.807, 2.05) is 6.92 Å². The fourth-order valence-electron chi connectivity index (χ4n) is 2.00. The van der Waals surface area contributed by atoms with Gasteiger partial charge in [0.15, 0.2) is 0 Å². The second kappa shape index (κ2) is 4.61. The van der Waals surface area contributed by atoms with E-state index >= 15 is 0 Å². The molecule has 0 aromatic heterocycles. The van der Waals surface area contributed by atoms with Gasteiger partial charge in [-0.1, -0.05) is 0 Å². The maximum atomic E-state index is 11.2. The lowest BCUT2D eigenvalue weighted by Crippen LogP contribution is -2.27. The maximum absolute atomic E-state index is 11.2. The lowest BCUT2D eigenvalue weighted by molar-refractivity contribution is -0.147. The van der Waals surface area contributed by atoms with Crippen LogP contribution >= 0.6 is 0 Å². The van der Waals surface area contributed by atoms with Gasteiger partial charge in [-0.15, -0.1) is 0 Å². The third-order valence-corrected chi connectivity index (χ3v) is 2.99. The normalized spacial score (nSPS) is 31.0. The number of esters is 1. The van der Waals surface area contributed by atoms with E-state index in [0.717, 1.165) is 25.7 Å². The fraction of sp³-hybridized carbons (Fsp3) is 0.900. The van der Waals surface area contributed by atoms with Crippen LogP contribution in [0.15, 0.2) is 0 Å². The van der Waals surface area contributed by atoms with E-state index in [1.54, 1.807) is 0 Å². The third-order valence-electron chi connectivity index (χ3n) is 2.99. The number of carbonyl (C=O) groups excluding carboxylic acids is 1. The zero-order chi connectivity index (χ0) is 9.84. The van der Waals surface area contributed by atoms with Gasteiger partial charge in [0.1, 0.15) is 0 Å². The first-order valence-corrected chi connectivity index (χ1v) is 4.91. The molecule has 0 heterocycles. The Hall–Kier alpha value is -0.570. The van der Waals surface area contributed by atoms with Crippen molar-refractivity contribution in [2.24, 2.45) is 11.8 Å². The molecule has 0 saturated heterocycles.